The molecule has 0 aromatic heterocycles. The molecule has 3 N–H and O–H groups in total. The smallest absolute Gasteiger partial charge is 0.261 e. The van der Waals surface area contributed by atoms with Crippen molar-refractivity contribution in [2.45, 2.75) is 29.1 Å². The Kier molecular flexibility index (Phi) is 3.91. The lowest BCUT2D eigenvalue weighted by Crippen LogP contribution is -2.15. The molecule has 0 fully saturated rings. The Hall–Kier alpha value is -1.90. The van der Waals surface area contributed by atoms with E-state index in [1.165, 1.54) is 29.8 Å². The number of hydrogen-bond donors (Lipinski definition) is 2. The van der Waals surface area contributed by atoms with E-state index >= 15 is 0 Å². The van der Waals surface area contributed by atoms with Crippen molar-refractivity contribution in [3.05, 3.63) is 53.6 Å². The molecule has 23 heavy (non-hydrogen) atoms. The van der Waals surface area contributed by atoms with E-state index in [1.807, 2.05) is 12.1 Å². The van der Waals surface area contributed by atoms with Crippen LogP contribution in [0, 0.1) is 0 Å². The summed E-state index contributed by atoms with van der Waals surface area (Å²) in [6.45, 7) is 0. The monoisotopic (exact) mass is 352 g/mol. The number of fused-ring (bicyclic) bond motifs is 1. The molecule has 0 heterocycles. The van der Waals surface area contributed by atoms with Gasteiger partial charge in [-0.2, -0.15) is 0 Å². The summed E-state index contributed by atoms with van der Waals surface area (Å²) in [6.07, 6.45) is 3.06. The van der Waals surface area contributed by atoms with Crippen molar-refractivity contribution in [2.75, 3.05) is 4.72 Å². The van der Waals surface area contributed by atoms with Crippen LogP contribution in [-0.4, -0.2) is 16.8 Å². The summed E-state index contributed by atoms with van der Waals surface area (Å²) in [5.41, 5.74) is 2.92. The average Bonchev–Trinajstić information content (AvgIpc) is 2.93. The van der Waals surface area contributed by atoms with Crippen LogP contribution in [0.3, 0.4) is 0 Å². The number of primary sulfonamides is 1. The molecule has 1 aliphatic carbocycles. The van der Waals surface area contributed by atoms with E-state index in [2.05, 4.69) is 4.72 Å². The summed E-state index contributed by atoms with van der Waals surface area (Å²) in [6, 6.07) is 10.3. The van der Waals surface area contributed by atoms with Gasteiger partial charge in [0.1, 0.15) is 0 Å². The third-order valence-electron chi connectivity index (χ3n) is 3.81. The fraction of sp³-hybridized carbons (Fsp3) is 0.200. The molecule has 0 amide bonds. The molecule has 0 saturated carbocycles. The Labute approximate surface area is 135 Å². The van der Waals surface area contributed by atoms with Gasteiger partial charge in [0, 0.05) is 5.69 Å². The molecule has 0 atom stereocenters. The molecule has 122 valence electrons. The molecule has 0 aliphatic heterocycles. The van der Waals surface area contributed by atoms with Crippen molar-refractivity contribution < 1.29 is 16.8 Å². The van der Waals surface area contributed by atoms with Crippen molar-refractivity contribution in [3.63, 3.8) is 0 Å². The van der Waals surface area contributed by atoms with Crippen LogP contribution in [0.2, 0.25) is 0 Å². The van der Waals surface area contributed by atoms with Crippen molar-refractivity contribution in [3.8, 4) is 0 Å². The fourth-order valence-electron chi connectivity index (χ4n) is 2.66. The number of aryl methyl sites for hydroxylation is 2. The third kappa shape index (κ3) is 3.39. The van der Waals surface area contributed by atoms with E-state index in [4.69, 9.17) is 5.14 Å². The van der Waals surface area contributed by atoms with Crippen LogP contribution in [0.15, 0.2) is 52.3 Å². The largest absolute Gasteiger partial charge is 0.280 e. The predicted octanol–water partition coefficient (Wildman–Crippen LogP) is 1.62. The van der Waals surface area contributed by atoms with Gasteiger partial charge in [0.2, 0.25) is 10.0 Å². The molecule has 6 nitrogen and oxygen atoms in total. The van der Waals surface area contributed by atoms with Crippen molar-refractivity contribution >= 4 is 25.7 Å². The maximum absolute atomic E-state index is 12.4. The second-order valence-electron chi connectivity index (χ2n) is 5.46. The molecule has 0 bridgehead atoms. The maximum Gasteiger partial charge on any atom is 0.261 e. The van der Waals surface area contributed by atoms with Gasteiger partial charge in [-0.1, -0.05) is 6.07 Å². The summed E-state index contributed by atoms with van der Waals surface area (Å²) in [7, 11) is -7.62. The van der Waals surface area contributed by atoms with Gasteiger partial charge in [-0.25, -0.2) is 22.0 Å². The average molecular weight is 352 g/mol. The lowest BCUT2D eigenvalue weighted by Gasteiger charge is -2.10. The van der Waals surface area contributed by atoms with Gasteiger partial charge in [-0.3, -0.25) is 4.72 Å². The number of nitrogens with one attached hydrogen (secondary N) is 1. The zero-order valence-electron chi connectivity index (χ0n) is 12.2. The van der Waals surface area contributed by atoms with Crippen LogP contribution in [0.4, 0.5) is 5.69 Å². The van der Waals surface area contributed by atoms with Crippen LogP contribution in [0.25, 0.3) is 0 Å². The first-order chi connectivity index (χ1) is 10.8. The van der Waals surface area contributed by atoms with Gasteiger partial charge in [0.05, 0.1) is 9.79 Å². The number of sulfonamides is 2. The second kappa shape index (κ2) is 5.63. The van der Waals surface area contributed by atoms with Crippen LogP contribution in [0.1, 0.15) is 17.5 Å². The van der Waals surface area contributed by atoms with Crippen LogP contribution in [-0.2, 0) is 32.9 Å². The van der Waals surface area contributed by atoms with E-state index in [-0.39, 0.29) is 9.79 Å². The highest BCUT2D eigenvalue weighted by atomic mass is 32.2. The molecule has 2 aromatic rings. The number of benzene rings is 2. The van der Waals surface area contributed by atoms with Crippen LogP contribution >= 0.6 is 0 Å². The molecular weight excluding hydrogens is 336 g/mol. The predicted molar refractivity (Wildman–Crippen MR) is 87.1 cm³/mol. The summed E-state index contributed by atoms with van der Waals surface area (Å²) in [5.74, 6) is 0. The van der Waals surface area contributed by atoms with Gasteiger partial charge < -0.3 is 0 Å². The summed E-state index contributed by atoms with van der Waals surface area (Å²) >= 11 is 0. The van der Waals surface area contributed by atoms with Gasteiger partial charge >= 0.3 is 0 Å². The number of hydrogen-bond acceptors (Lipinski definition) is 4. The lowest BCUT2D eigenvalue weighted by molar-refractivity contribution is 0.595. The quantitative estimate of drug-likeness (QED) is 0.872. The molecule has 0 saturated heterocycles. The number of anilines is 1. The lowest BCUT2D eigenvalue weighted by atomic mass is 10.1. The Morgan fingerprint density at radius 1 is 0.826 bits per heavy atom. The van der Waals surface area contributed by atoms with E-state index in [9.17, 15) is 16.8 Å². The Bertz CT molecular complexity index is 949. The first kappa shape index (κ1) is 16.0. The highest BCUT2D eigenvalue weighted by molar-refractivity contribution is 7.92. The summed E-state index contributed by atoms with van der Waals surface area (Å²) in [5, 5.41) is 5.00. The van der Waals surface area contributed by atoms with E-state index < -0.39 is 20.0 Å². The topological polar surface area (TPSA) is 106 Å². The van der Waals surface area contributed by atoms with Gasteiger partial charge in [-0.05, 0) is 66.8 Å². The Morgan fingerprint density at radius 3 is 2.09 bits per heavy atom. The van der Waals surface area contributed by atoms with Gasteiger partial charge in [-0.15, -0.1) is 0 Å². The van der Waals surface area contributed by atoms with Crippen LogP contribution < -0.4 is 9.86 Å². The minimum Gasteiger partial charge on any atom is -0.280 e. The second-order valence-corrected chi connectivity index (χ2v) is 8.70. The third-order valence-corrected chi connectivity index (χ3v) is 6.14. The van der Waals surface area contributed by atoms with Gasteiger partial charge in [0.25, 0.3) is 10.0 Å². The molecule has 0 radical (unpaired) electrons. The molecule has 3 rings (SSSR count). The SMILES string of the molecule is NS(=O)(=O)c1ccc(S(=O)(=O)Nc2ccc3c(c2)CCC3)cc1. The number of rotatable bonds is 4. The molecular formula is C15H16N2O4S2. The van der Waals surface area contributed by atoms with E-state index in [0.717, 1.165) is 24.8 Å². The minimum absolute atomic E-state index is 0.0228. The van der Waals surface area contributed by atoms with Crippen molar-refractivity contribution in [2.24, 2.45) is 5.14 Å². The van der Waals surface area contributed by atoms with Crippen molar-refractivity contribution in [1.29, 1.82) is 0 Å². The number of nitrogens with two attached hydrogens (primary N) is 1. The first-order valence-electron chi connectivity index (χ1n) is 7.03. The van der Waals surface area contributed by atoms with Crippen LogP contribution in [0.5, 0.6) is 0 Å². The highest BCUT2D eigenvalue weighted by Crippen LogP contribution is 2.26. The maximum atomic E-state index is 12.4. The highest BCUT2D eigenvalue weighted by Gasteiger charge is 2.17. The normalized spacial score (nSPS) is 14.5. The fourth-order valence-corrected chi connectivity index (χ4v) is 4.22. The Morgan fingerprint density at radius 2 is 1.43 bits per heavy atom. The Balaban J connectivity index is 1.87. The molecule has 8 heteroatoms. The van der Waals surface area contributed by atoms with E-state index in [0.29, 0.717) is 5.69 Å². The van der Waals surface area contributed by atoms with Crippen molar-refractivity contribution in [1.82, 2.24) is 0 Å². The minimum atomic E-state index is -3.85. The molecule has 1 aliphatic rings. The molecule has 0 spiro atoms. The zero-order valence-corrected chi connectivity index (χ0v) is 13.8. The zero-order chi connectivity index (χ0) is 16.7. The molecule has 0 unspecified atom stereocenters. The van der Waals surface area contributed by atoms with E-state index in [1.54, 1.807) is 6.07 Å². The molecule has 2 aromatic carbocycles. The first-order valence-corrected chi connectivity index (χ1v) is 10.1. The summed E-state index contributed by atoms with van der Waals surface area (Å²) < 4.78 is 49.7. The van der Waals surface area contributed by atoms with Gasteiger partial charge in [0.15, 0.2) is 0 Å². The standard InChI is InChI=1S/C15H16N2O4S2/c16-22(18,19)14-6-8-15(9-7-14)23(20,21)17-13-5-4-11-2-1-3-12(11)10-13/h4-10,17H,1-3H2,(H2,16,18,19). The summed E-state index contributed by atoms with van der Waals surface area (Å²) in [4.78, 5) is -0.153.